The van der Waals surface area contributed by atoms with Gasteiger partial charge in [0, 0.05) is 34.0 Å². The van der Waals surface area contributed by atoms with Gasteiger partial charge in [-0.05, 0) is 109 Å². The molecule has 3 aliphatic heterocycles. The zero-order valence-corrected chi connectivity index (χ0v) is 33.3. The summed E-state index contributed by atoms with van der Waals surface area (Å²) in [4.78, 5) is 4.85. The number of hydrogen-bond donors (Lipinski definition) is 0. The van der Waals surface area contributed by atoms with Crippen molar-refractivity contribution in [3.8, 4) is 22.3 Å². The molecule has 0 spiro atoms. The van der Waals surface area contributed by atoms with Gasteiger partial charge in [-0.3, -0.25) is 0 Å². The third kappa shape index (κ3) is 4.87. The second-order valence-electron chi connectivity index (χ2n) is 15.7. The lowest BCUT2D eigenvalue weighted by Gasteiger charge is -2.45. The first-order chi connectivity index (χ1) is 31.6. The van der Waals surface area contributed by atoms with Gasteiger partial charge in [0.15, 0.2) is 8.07 Å². The monoisotopic (exact) mass is 772 g/mol. The van der Waals surface area contributed by atoms with Crippen molar-refractivity contribution < 1.29 is 8.22 Å². The Morgan fingerprint density at radius 3 is 1.71 bits per heavy atom. The van der Waals surface area contributed by atoms with Crippen LogP contribution < -0.4 is 46.9 Å². The Morgan fingerprint density at radius 2 is 1.00 bits per heavy atom. The highest BCUT2D eigenvalue weighted by Gasteiger charge is 2.51. The van der Waals surface area contributed by atoms with Gasteiger partial charge in [0.1, 0.15) is 0 Å². The molecule has 0 saturated heterocycles. The van der Waals surface area contributed by atoms with Crippen molar-refractivity contribution in [2.45, 2.75) is 6.92 Å². The Balaban J connectivity index is 1.25. The van der Waals surface area contributed by atoms with E-state index in [9.17, 15) is 0 Å². The average molecular weight is 773 g/mol. The first-order valence-corrected chi connectivity index (χ1v) is 22.1. The van der Waals surface area contributed by atoms with Crippen LogP contribution in [0.15, 0.2) is 218 Å². The van der Waals surface area contributed by atoms with Crippen LogP contribution in [0, 0.1) is 6.92 Å². The molecule has 3 aliphatic rings. The number of hydrogen-bond acceptors (Lipinski definition) is 2. The summed E-state index contributed by atoms with van der Waals surface area (Å²) in [6.45, 7) is 1.97. The molecular formula is C55H39BN2Si. The van der Waals surface area contributed by atoms with E-state index in [2.05, 4.69) is 156 Å². The lowest BCUT2D eigenvalue weighted by atomic mass is 9.33. The zero-order chi connectivity index (χ0) is 44.3. The van der Waals surface area contributed by atoms with Crippen molar-refractivity contribution in [3.63, 3.8) is 0 Å². The molecule has 0 bridgehead atoms. The molecule has 59 heavy (non-hydrogen) atoms. The van der Waals surface area contributed by atoms with Gasteiger partial charge < -0.3 is 9.80 Å². The van der Waals surface area contributed by atoms with Crippen molar-refractivity contribution in [2.24, 2.45) is 0 Å². The van der Waals surface area contributed by atoms with E-state index in [-0.39, 0.29) is 43.0 Å². The van der Waals surface area contributed by atoms with Crippen molar-refractivity contribution >= 4 is 86.0 Å². The SMILES string of the molecule is [2H]c1cc([Si]2(c3cc([2H])c([2H])c([2H])c3)c3ccccc3-c3cc4c(cc32)B2c3ccccc3N(c3ccccc3)c3cc(C)cc(c32)N4c2ccccc2-c2ccccc2)cc([2H])c1[2H]. The predicted octanol–water partition coefficient (Wildman–Crippen LogP) is 9.10. The molecule has 4 heteroatoms. The molecule has 276 valence electrons. The van der Waals surface area contributed by atoms with Crippen molar-refractivity contribution in [3.05, 3.63) is 224 Å². The maximum Gasteiger partial charge on any atom is 0.252 e. The Bertz CT molecular complexity index is 3350. The number of aryl methyl sites for hydroxylation is 1. The maximum atomic E-state index is 9.03. The smallest absolute Gasteiger partial charge is 0.252 e. The summed E-state index contributed by atoms with van der Waals surface area (Å²) in [5, 5.41) is 3.53. The Morgan fingerprint density at radius 1 is 0.424 bits per heavy atom. The van der Waals surface area contributed by atoms with Gasteiger partial charge in [0.25, 0.3) is 6.71 Å². The lowest BCUT2D eigenvalue weighted by Crippen LogP contribution is -2.73. The van der Waals surface area contributed by atoms with E-state index in [1.165, 1.54) is 5.46 Å². The molecule has 3 heterocycles. The van der Waals surface area contributed by atoms with Crippen molar-refractivity contribution in [2.75, 3.05) is 9.80 Å². The molecule has 9 aromatic carbocycles. The minimum Gasteiger partial charge on any atom is -0.311 e. The van der Waals surface area contributed by atoms with E-state index in [1.807, 2.05) is 18.2 Å². The van der Waals surface area contributed by atoms with Gasteiger partial charge in [-0.1, -0.05) is 176 Å². The number of nitrogens with zero attached hydrogens (tertiary/aromatic N) is 2. The Kier molecular flexibility index (Phi) is 6.33. The number of para-hydroxylation sites is 3. The third-order valence-electron chi connectivity index (χ3n) is 12.6. The molecule has 0 N–H and O–H groups in total. The number of rotatable bonds is 5. The zero-order valence-electron chi connectivity index (χ0n) is 38.3. The van der Waals surface area contributed by atoms with Gasteiger partial charge in [0.05, 0.1) is 13.9 Å². The molecule has 0 saturated carbocycles. The summed E-state index contributed by atoms with van der Waals surface area (Å²) in [5.41, 5.74) is 15.2. The molecule has 0 fully saturated rings. The quantitative estimate of drug-likeness (QED) is 0.161. The van der Waals surface area contributed by atoms with E-state index in [0.29, 0.717) is 0 Å². The van der Waals surface area contributed by atoms with Crippen molar-refractivity contribution in [1.82, 2.24) is 0 Å². The van der Waals surface area contributed by atoms with Gasteiger partial charge in [-0.15, -0.1) is 0 Å². The summed E-state index contributed by atoms with van der Waals surface area (Å²) in [6, 6.07) is 62.7. The molecule has 0 amide bonds. The van der Waals surface area contributed by atoms with Gasteiger partial charge in [-0.25, -0.2) is 0 Å². The predicted molar refractivity (Wildman–Crippen MR) is 253 cm³/mol. The van der Waals surface area contributed by atoms with Gasteiger partial charge >= 0.3 is 0 Å². The van der Waals surface area contributed by atoms with Crippen LogP contribution in [0.3, 0.4) is 0 Å². The Hall–Kier alpha value is -7.14. The van der Waals surface area contributed by atoms with Crippen LogP contribution in [0.5, 0.6) is 0 Å². The fourth-order valence-electron chi connectivity index (χ4n) is 10.3. The largest absolute Gasteiger partial charge is 0.311 e. The normalized spacial score (nSPS) is 15.3. The average Bonchev–Trinajstić information content (AvgIpc) is 3.62. The van der Waals surface area contributed by atoms with Crippen LogP contribution >= 0.6 is 0 Å². The summed E-state index contributed by atoms with van der Waals surface area (Å²) in [7, 11) is -3.59. The minimum absolute atomic E-state index is 0.0441. The van der Waals surface area contributed by atoms with Crippen LogP contribution in [0.25, 0.3) is 22.3 Å². The van der Waals surface area contributed by atoms with E-state index < -0.39 is 8.07 Å². The Labute approximate surface area is 355 Å². The van der Waals surface area contributed by atoms with Gasteiger partial charge in [0.2, 0.25) is 0 Å². The number of fused-ring (bicyclic) bond motifs is 7. The standard InChI is InChI=1S/C55H39BN2Si/c1-38-34-51-55-52(35-38)58(48-31-17-14-28-43(48)39-20-6-2-7-21-39)50-36-45-44-29-15-19-33-53(44)59(41-24-10-4-11-25-41,42-26-12-5-13-27-42)54(45)37-47(50)56(55)46-30-16-18-32-49(46)57(51)40-22-8-3-9-23-40/h2-37H,1H3/i4D,5D,10D,11D,12D,13D. The van der Waals surface area contributed by atoms with Crippen LogP contribution in [-0.2, 0) is 0 Å². The molecule has 0 aromatic heterocycles. The molecule has 0 aliphatic carbocycles. The second kappa shape index (κ2) is 13.2. The number of benzene rings is 9. The molecule has 0 atom stereocenters. The van der Waals surface area contributed by atoms with Gasteiger partial charge in [-0.2, -0.15) is 0 Å². The minimum atomic E-state index is -3.59. The third-order valence-corrected chi connectivity index (χ3v) is 17.4. The van der Waals surface area contributed by atoms with Crippen LogP contribution in [0.4, 0.5) is 34.1 Å². The van der Waals surface area contributed by atoms with E-state index >= 15 is 0 Å². The van der Waals surface area contributed by atoms with Crippen LogP contribution in [0.1, 0.15) is 13.8 Å². The summed E-state index contributed by atoms with van der Waals surface area (Å²) < 4.78 is 53.4. The molecule has 2 nitrogen and oxygen atoms in total. The lowest BCUT2D eigenvalue weighted by molar-refractivity contribution is 1.24. The molecule has 0 radical (unpaired) electrons. The van der Waals surface area contributed by atoms with E-state index in [1.54, 1.807) is 24.3 Å². The molecule has 12 rings (SSSR count). The maximum absolute atomic E-state index is 9.03. The van der Waals surface area contributed by atoms with Crippen LogP contribution in [0.2, 0.25) is 0 Å². The topological polar surface area (TPSA) is 6.48 Å². The molecule has 9 aromatic rings. The highest BCUT2D eigenvalue weighted by Crippen LogP contribution is 2.47. The first-order valence-electron chi connectivity index (χ1n) is 23.1. The fraction of sp³-hybridized carbons (Fsp3) is 0.0182. The summed E-state index contributed by atoms with van der Waals surface area (Å²) in [5.74, 6) is 0. The number of anilines is 6. The fourth-order valence-corrected chi connectivity index (χ4v) is 15.3. The van der Waals surface area contributed by atoms with E-state index in [0.717, 1.165) is 93.6 Å². The second-order valence-corrected chi connectivity index (χ2v) is 19.4. The van der Waals surface area contributed by atoms with Crippen LogP contribution in [-0.4, -0.2) is 14.8 Å². The molecular weight excluding hydrogens is 728 g/mol. The molecule has 0 unspecified atom stereocenters. The highest BCUT2D eigenvalue weighted by molar-refractivity contribution is 7.22. The van der Waals surface area contributed by atoms with E-state index in [4.69, 9.17) is 8.22 Å². The highest BCUT2D eigenvalue weighted by atomic mass is 28.3. The summed E-state index contributed by atoms with van der Waals surface area (Å²) in [6.07, 6.45) is 0. The van der Waals surface area contributed by atoms with Crippen molar-refractivity contribution in [1.29, 1.82) is 0 Å². The summed E-state index contributed by atoms with van der Waals surface area (Å²) >= 11 is 0. The first kappa shape index (κ1) is 28.3.